The number of rotatable bonds is 15. The highest BCUT2D eigenvalue weighted by molar-refractivity contribution is 7.92. The minimum Gasteiger partial charge on any atom is -0.354 e. The normalized spacial score (nSPS) is 12.0. The second-order valence-corrected chi connectivity index (χ2v) is 12.5. The number of carbonyl (C=O) groups is 2. The Balaban J connectivity index is 1.86. The highest BCUT2D eigenvalue weighted by Crippen LogP contribution is 2.21. The van der Waals surface area contributed by atoms with E-state index < -0.39 is 16.1 Å². The van der Waals surface area contributed by atoms with Gasteiger partial charge in [-0.25, -0.2) is 8.42 Å². The maximum absolute atomic E-state index is 13.9. The Hall–Kier alpha value is -3.65. The van der Waals surface area contributed by atoms with Gasteiger partial charge in [0.1, 0.15) is 6.04 Å². The van der Waals surface area contributed by atoms with Gasteiger partial charge in [-0.3, -0.25) is 13.9 Å². The smallest absolute Gasteiger partial charge is 0.243 e. The molecule has 7 nitrogen and oxygen atoms in total. The van der Waals surface area contributed by atoms with Crippen molar-refractivity contribution in [3.05, 3.63) is 101 Å². The third-order valence-electron chi connectivity index (χ3n) is 7.02. The summed E-state index contributed by atoms with van der Waals surface area (Å²) >= 11 is 0. The molecule has 3 aromatic carbocycles. The molecule has 0 fully saturated rings. The number of nitrogens with zero attached hydrogens (tertiary/aromatic N) is 2. The Morgan fingerprint density at radius 3 is 2.20 bits per heavy atom. The minimum atomic E-state index is -3.54. The van der Waals surface area contributed by atoms with Crippen molar-refractivity contribution in [1.29, 1.82) is 0 Å². The maximum atomic E-state index is 13.9. The first-order valence-electron chi connectivity index (χ1n) is 14.3. The Labute approximate surface area is 245 Å². The monoisotopic (exact) mass is 577 g/mol. The quantitative estimate of drug-likeness (QED) is 0.245. The third kappa shape index (κ3) is 10.0. The average Bonchev–Trinajstić information content (AvgIpc) is 2.94. The maximum Gasteiger partial charge on any atom is 0.243 e. The van der Waals surface area contributed by atoms with Crippen molar-refractivity contribution in [2.45, 2.75) is 65.5 Å². The van der Waals surface area contributed by atoms with Crippen LogP contribution in [0.4, 0.5) is 5.69 Å². The van der Waals surface area contributed by atoms with E-state index in [0.717, 1.165) is 35.1 Å². The van der Waals surface area contributed by atoms with Gasteiger partial charge in [0, 0.05) is 32.5 Å². The van der Waals surface area contributed by atoms with E-state index in [1.165, 1.54) is 10.6 Å². The van der Waals surface area contributed by atoms with Gasteiger partial charge in [0.15, 0.2) is 0 Å². The highest BCUT2D eigenvalue weighted by atomic mass is 32.2. The summed E-state index contributed by atoms with van der Waals surface area (Å²) in [4.78, 5) is 29.1. The molecule has 0 saturated heterocycles. The van der Waals surface area contributed by atoms with Crippen molar-refractivity contribution >= 4 is 27.5 Å². The van der Waals surface area contributed by atoms with Gasteiger partial charge in [-0.05, 0) is 55.5 Å². The number of carbonyl (C=O) groups excluding carboxylic acids is 2. The molecular formula is C33H43N3O4S. The van der Waals surface area contributed by atoms with E-state index in [1.54, 1.807) is 11.0 Å². The van der Waals surface area contributed by atoms with Crippen LogP contribution in [0.25, 0.3) is 0 Å². The first kappa shape index (κ1) is 31.9. The molecule has 0 spiro atoms. The van der Waals surface area contributed by atoms with Crippen LogP contribution in [0.3, 0.4) is 0 Å². The fourth-order valence-corrected chi connectivity index (χ4v) is 5.69. The van der Waals surface area contributed by atoms with E-state index in [2.05, 4.69) is 12.2 Å². The molecule has 0 bridgehead atoms. The van der Waals surface area contributed by atoms with Crippen LogP contribution < -0.4 is 9.62 Å². The molecule has 0 aliphatic carbocycles. The summed E-state index contributed by atoms with van der Waals surface area (Å²) in [5, 5.41) is 3.03. The van der Waals surface area contributed by atoms with Gasteiger partial charge in [0.05, 0.1) is 11.9 Å². The standard InChI is InChI=1S/C33H43N3O4S/c1-5-6-21-34-33(38)31(24-28-13-8-7-9-14-28)35(25-29-19-17-26(2)18-20-29)32(37)16-11-22-36(41(4,39)40)30-15-10-12-27(3)23-30/h7-10,12-15,17-20,23,31H,5-6,11,16,21-22,24-25H2,1-4H3,(H,34,38)/t31-/m0/s1. The summed E-state index contributed by atoms with van der Waals surface area (Å²) in [6, 6.07) is 24.3. The van der Waals surface area contributed by atoms with Crippen molar-refractivity contribution < 1.29 is 18.0 Å². The Kier molecular flexibility index (Phi) is 12.0. The van der Waals surface area contributed by atoms with E-state index in [9.17, 15) is 18.0 Å². The van der Waals surface area contributed by atoms with Crippen LogP contribution in [-0.2, 0) is 32.6 Å². The lowest BCUT2D eigenvalue weighted by Gasteiger charge is -2.32. The molecule has 41 heavy (non-hydrogen) atoms. The summed E-state index contributed by atoms with van der Waals surface area (Å²) in [6.07, 6.45) is 3.80. The zero-order valence-electron chi connectivity index (χ0n) is 24.7. The van der Waals surface area contributed by atoms with Gasteiger partial charge in [0.25, 0.3) is 0 Å². The summed E-state index contributed by atoms with van der Waals surface area (Å²) < 4.78 is 26.6. The molecule has 3 aromatic rings. The number of sulfonamides is 1. The van der Waals surface area contributed by atoms with Crippen molar-refractivity contribution in [3.63, 3.8) is 0 Å². The number of nitrogens with one attached hydrogen (secondary N) is 1. The molecule has 8 heteroatoms. The number of hydrogen-bond acceptors (Lipinski definition) is 4. The molecule has 220 valence electrons. The number of benzene rings is 3. The Morgan fingerprint density at radius 1 is 0.854 bits per heavy atom. The lowest BCUT2D eigenvalue weighted by molar-refractivity contribution is -0.141. The zero-order valence-corrected chi connectivity index (χ0v) is 25.5. The summed E-state index contributed by atoms with van der Waals surface area (Å²) in [5.41, 5.74) is 4.54. The van der Waals surface area contributed by atoms with E-state index in [0.29, 0.717) is 25.1 Å². The van der Waals surface area contributed by atoms with E-state index >= 15 is 0 Å². The van der Waals surface area contributed by atoms with Gasteiger partial charge in [0.2, 0.25) is 21.8 Å². The number of anilines is 1. The first-order valence-corrected chi connectivity index (χ1v) is 16.1. The molecule has 0 unspecified atom stereocenters. The fourth-order valence-electron chi connectivity index (χ4n) is 4.74. The molecule has 0 heterocycles. The summed E-state index contributed by atoms with van der Waals surface area (Å²) in [7, 11) is -3.54. The molecule has 2 amide bonds. The number of aryl methyl sites for hydroxylation is 2. The second-order valence-electron chi connectivity index (χ2n) is 10.6. The van der Waals surface area contributed by atoms with Crippen molar-refractivity contribution in [2.75, 3.05) is 23.7 Å². The largest absolute Gasteiger partial charge is 0.354 e. The predicted octanol–water partition coefficient (Wildman–Crippen LogP) is 5.41. The van der Waals surface area contributed by atoms with E-state index in [-0.39, 0.29) is 31.3 Å². The van der Waals surface area contributed by atoms with Crippen molar-refractivity contribution in [1.82, 2.24) is 10.2 Å². The van der Waals surface area contributed by atoms with E-state index in [4.69, 9.17) is 0 Å². The zero-order chi connectivity index (χ0) is 29.8. The van der Waals surface area contributed by atoms with Crippen molar-refractivity contribution in [3.8, 4) is 0 Å². The number of unbranched alkanes of at least 4 members (excludes halogenated alkanes) is 1. The second kappa shape index (κ2) is 15.4. The van der Waals surface area contributed by atoms with Crippen LogP contribution in [0.2, 0.25) is 0 Å². The van der Waals surface area contributed by atoms with Gasteiger partial charge in [-0.1, -0.05) is 85.6 Å². The summed E-state index contributed by atoms with van der Waals surface area (Å²) in [6.45, 7) is 6.98. The summed E-state index contributed by atoms with van der Waals surface area (Å²) in [5.74, 6) is -0.366. The molecule has 0 saturated carbocycles. The first-order chi connectivity index (χ1) is 19.6. The van der Waals surface area contributed by atoms with Crippen LogP contribution >= 0.6 is 0 Å². The lowest BCUT2D eigenvalue weighted by Crippen LogP contribution is -2.50. The molecule has 0 aromatic heterocycles. The predicted molar refractivity (Wildman–Crippen MR) is 166 cm³/mol. The van der Waals surface area contributed by atoms with Gasteiger partial charge < -0.3 is 10.2 Å². The van der Waals surface area contributed by atoms with Gasteiger partial charge in [-0.2, -0.15) is 0 Å². The van der Waals surface area contributed by atoms with Crippen LogP contribution in [0.15, 0.2) is 78.9 Å². The van der Waals surface area contributed by atoms with Crippen LogP contribution in [0.5, 0.6) is 0 Å². The minimum absolute atomic E-state index is 0.108. The Bertz CT molecular complexity index is 1380. The van der Waals surface area contributed by atoms with Crippen LogP contribution in [0.1, 0.15) is 54.9 Å². The topological polar surface area (TPSA) is 86.8 Å². The lowest BCUT2D eigenvalue weighted by atomic mass is 10.0. The average molecular weight is 578 g/mol. The SMILES string of the molecule is CCCCNC(=O)[C@H](Cc1ccccc1)N(Cc1ccc(C)cc1)C(=O)CCCN(c1cccc(C)c1)S(C)(=O)=O. The van der Waals surface area contributed by atoms with Crippen LogP contribution in [-0.4, -0.2) is 50.5 Å². The molecule has 0 radical (unpaired) electrons. The van der Waals surface area contributed by atoms with Gasteiger partial charge >= 0.3 is 0 Å². The van der Waals surface area contributed by atoms with Crippen molar-refractivity contribution in [2.24, 2.45) is 0 Å². The van der Waals surface area contributed by atoms with E-state index in [1.807, 2.05) is 86.6 Å². The molecule has 1 N–H and O–H groups in total. The molecule has 1 atom stereocenters. The van der Waals surface area contributed by atoms with Crippen LogP contribution in [0, 0.1) is 13.8 Å². The molecular weight excluding hydrogens is 534 g/mol. The molecule has 0 aliphatic heterocycles. The van der Waals surface area contributed by atoms with Gasteiger partial charge in [-0.15, -0.1) is 0 Å². The third-order valence-corrected chi connectivity index (χ3v) is 8.21. The molecule has 0 aliphatic rings. The highest BCUT2D eigenvalue weighted by Gasteiger charge is 2.30. The Morgan fingerprint density at radius 2 is 1.56 bits per heavy atom. The number of amides is 2. The molecule has 3 rings (SSSR count). The fraction of sp³-hybridized carbons (Fsp3) is 0.394. The number of hydrogen-bond donors (Lipinski definition) is 1.